The number of carbonyl (C=O) groups excluding carboxylic acids is 3. The highest BCUT2D eigenvalue weighted by atomic mass is 79.9. The number of carbonyl (C=O) groups is 3. The molecule has 4 amide bonds. The molecule has 0 radical (unpaired) electrons. The molecule has 0 bridgehead atoms. The third kappa shape index (κ3) is 5.66. The number of halogens is 3. The summed E-state index contributed by atoms with van der Waals surface area (Å²) < 4.78 is 13.3. The number of rotatable bonds is 6. The molecule has 0 atom stereocenters. The van der Waals surface area contributed by atoms with Crippen LogP contribution >= 0.6 is 47.8 Å². The van der Waals surface area contributed by atoms with Gasteiger partial charge >= 0.3 is 6.03 Å². The number of methoxy groups -OCH3 is 1. The minimum atomic E-state index is -0.818. The molecule has 1 saturated heterocycles. The van der Waals surface area contributed by atoms with Crippen LogP contribution in [0.1, 0.15) is 11.1 Å². The number of hydrogen-bond acceptors (Lipinski definition) is 5. The molecule has 35 heavy (non-hydrogen) atoms. The summed E-state index contributed by atoms with van der Waals surface area (Å²) in [6.45, 7) is 0.352. The number of nitrogens with zero attached hydrogens (tertiary/aromatic N) is 1. The van der Waals surface area contributed by atoms with Crippen molar-refractivity contribution in [3.63, 3.8) is 0 Å². The van der Waals surface area contributed by atoms with Gasteiger partial charge in [0, 0.05) is 4.47 Å². The smallest absolute Gasteiger partial charge is 0.335 e. The van der Waals surface area contributed by atoms with Gasteiger partial charge in [0.1, 0.15) is 23.7 Å². The molecule has 1 N–H and O–H groups in total. The summed E-state index contributed by atoms with van der Waals surface area (Å²) in [5.74, 6) is -0.355. The van der Waals surface area contributed by atoms with Crippen molar-refractivity contribution in [3.8, 4) is 11.5 Å². The lowest BCUT2D eigenvalue weighted by Gasteiger charge is -2.26. The van der Waals surface area contributed by atoms with E-state index in [-0.39, 0.29) is 5.57 Å². The van der Waals surface area contributed by atoms with Gasteiger partial charge in [0.2, 0.25) is 0 Å². The lowest BCUT2D eigenvalue weighted by molar-refractivity contribution is -0.122. The average molecular weight is 665 g/mol. The van der Waals surface area contributed by atoms with E-state index in [1.807, 2.05) is 24.3 Å². The summed E-state index contributed by atoms with van der Waals surface area (Å²) in [6, 6.07) is 16.8. The van der Waals surface area contributed by atoms with Gasteiger partial charge in [-0.2, -0.15) is 0 Å². The molecule has 0 saturated carbocycles. The summed E-state index contributed by atoms with van der Waals surface area (Å²) in [5.41, 5.74) is 1.68. The van der Waals surface area contributed by atoms with Crippen LogP contribution in [0.2, 0.25) is 0 Å². The molecule has 0 aromatic heterocycles. The zero-order valence-electron chi connectivity index (χ0n) is 18.2. The maximum atomic E-state index is 13.1. The van der Waals surface area contributed by atoms with Crippen molar-refractivity contribution in [3.05, 3.63) is 90.8 Å². The van der Waals surface area contributed by atoms with Crippen molar-refractivity contribution < 1.29 is 23.9 Å². The van der Waals surface area contributed by atoms with E-state index in [4.69, 9.17) is 9.47 Å². The van der Waals surface area contributed by atoms with Gasteiger partial charge in [-0.1, -0.05) is 28.1 Å². The molecule has 3 aromatic carbocycles. The van der Waals surface area contributed by atoms with Crippen molar-refractivity contribution in [2.75, 3.05) is 12.0 Å². The third-order valence-electron chi connectivity index (χ3n) is 5.06. The fraction of sp³-hybridized carbons (Fsp3) is 0.0800. The van der Waals surface area contributed by atoms with Gasteiger partial charge in [-0.25, -0.2) is 9.69 Å². The first-order valence-electron chi connectivity index (χ1n) is 10.2. The van der Waals surface area contributed by atoms with Crippen LogP contribution in [0.25, 0.3) is 6.08 Å². The van der Waals surface area contributed by atoms with Crippen LogP contribution in [0.3, 0.4) is 0 Å². The maximum Gasteiger partial charge on any atom is 0.335 e. The van der Waals surface area contributed by atoms with Crippen LogP contribution < -0.4 is 19.7 Å². The van der Waals surface area contributed by atoms with Crippen molar-refractivity contribution in [1.82, 2.24) is 5.32 Å². The number of urea groups is 1. The van der Waals surface area contributed by atoms with Gasteiger partial charge in [0.05, 0.1) is 21.7 Å². The molecule has 0 spiro atoms. The Labute approximate surface area is 226 Å². The summed E-state index contributed by atoms with van der Waals surface area (Å²) in [7, 11) is 1.51. The Hall–Kier alpha value is -2.95. The summed E-state index contributed by atoms with van der Waals surface area (Å²) in [5, 5.41) is 2.22. The van der Waals surface area contributed by atoms with E-state index in [9.17, 15) is 14.4 Å². The number of barbiturate groups is 1. The number of benzene rings is 3. The Balaban J connectivity index is 1.59. The van der Waals surface area contributed by atoms with E-state index < -0.39 is 17.8 Å². The Morgan fingerprint density at radius 2 is 1.54 bits per heavy atom. The summed E-state index contributed by atoms with van der Waals surface area (Å²) >= 11 is 10.4. The number of nitrogens with one attached hydrogen (secondary N) is 1. The van der Waals surface area contributed by atoms with E-state index in [2.05, 4.69) is 53.1 Å². The SMILES string of the molecule is COc1ccc(N2C(=O)NC(=O)/C(=C\c3cc(Br)c(OCc4ccc(Br)cc4)c(Br)c3)C2=O)cc1. The number of ether oxygens (including phenoxy) is 2. The van der Waals surface area contributed by atoms with Gasteiger partial charge in [-0.15, -0.1) is 0 Å². The molecule has 1 aliphatic rings. The number of imide groups is 2. The molecule has 0 aliphatic carbocycles. The van der Waals surface area contributed by atoms with Crippen molar-refractivity contribution >= 4 is 77.4 Å². The first-order chi connectivity index (χ1) is 16.8. The Bertz CT molecular complexity index is 1320. The molecule has 3 aromatic rings. The highest BCUT2D eigenvalue weighted by Gasteiger charge is 2.36. The molecule has 10 heteroatoms. The monoisotopic (exact) mass is 662 g/mol. The number of hydrogen-bond donors (Lipinski definition) is 1. The van der Waals surface area contributed by atoms with Crippen LogP contribution in [-0.2, 0) is 16.2 Å². The van der Waals surface area contributed by atoms with Crippen LogP contribution in [0, 0.1) is 0 Å². The largest absolute Gasteiger partial charge is 0.497 e. The number of amides is 4. The Morgan fingerprint density at radius 1 is 0.914 bits per heavy atom. The Morgan fingerprint density at radius 3 is 2.14 bits per heavy atom. The van der Waals surface area contributed by atoms with Gasteiger partial charge in [0.25, 0.3) is 11.8 Å². The standard InChI is InChI=1S/C25H17Br3N2O5/c1-34-18-8-6-17(7-9-18)30-24(32)19(23(31)29-25(30)33)10-15-11-20(27)22(21(28)12-15)35-13-14-2-4-16(26)5-3-14/h2-12H,13H2,1H3,(H,29,31,33)/b19-10+. The molecule has 1 heterocycles. The minimum absolute atomic E-state index is 0.178. The predicted molar refractivity (Wildman–Crippen MR) is 142 cm³/mol. The van der Waals surface area contributed by atoms with E-state index in [0.29, 0.717) is 38.3 Å². The fourth-order valence-electron chi connectivity index (χ4n) is 3.33. The molecule has 1 fully saturated rings. The fourth-order valence-corrected chi connectivity index (χ4v) is 5.04. The second-order valence-electron chi connectivity index (χ2n) is 7.38. The predicted octanol–water partition coefficient (Wildman–Crippen LogP) is 6.23. The zero-order valence-corrected chi connectivity index (χ0v) is 22.9. The van der Waals surface area contributed by atoms with Crippen LogP contribution in [-0.4, -0.2) is 25.0 Å². The highest BCUT2D eigenvalue weighted by molar-refractivity contribution is 9.11. The Kier molecular flexibility index (Phi) is 7.73. The van der Waals surface area contributed by atoms with Gasteiger partial charge in [-0.05, 0) is 97.6 Å². The highest BCUT2D eigenvalue weighted by Crippen LogP contribution is 2.36. The molecule has 0 unspecified atom stereocenters. The van der Waals surface area contributed by atoms with E-state index in [0.717, 1.165) is 14.9 Å². The quantitative estimate of drug-likeness (QED) is 0.250. The molecule has 7 nitrogen and oxygen atoms in total. The zero-order chi connectivity index (χ0) is 25.1. The minimum Gasteiger partial charge on any atom is -0.497 e. The van der Waals surface area contributed by atoms with Crippen molar-refractivity contribution in [2.45, 2.75) is 6.61 Å². The normalized spacial score (nSPS) is 14.8. The van der Waals surface area contributed by atoms with E-state index in [1.54, 1.807) is 36.4 Å². The van der Waals surface area contributed by atoms with E-state index in [1.165, 1.54) is 13.2 Å². The topological polar surface area (TPSA) is 84.9 Å². The van der Waals surface area contributed by atoms with E-state index >= 15 is 0 Å². The second-order valence-corrected chi connectivity index (χ2v) is 10.0. The summed E-state index contributed by atoms with van der Waals surface area (Å²) in [4.78, 5) is 38.9. The van der Waals surface area contributed by atoms with Crippen molar-refractivity contribution in [2.24, 2.45) is 0 Å². The number of anilines is 1. The lowest BCUT2D eigenvalue weighted by Crippen LogP contribution is -2.54. The summed E-state index contributed by atoms with van der Waals surface area (Å²) in [6.07, 6.45) is 1.43. The average Bonchev–Trinajstić information content (AvgIpc) is 2.82. The first-order valence-corrected chi connectivity index (χ1v) is 12.6. The maximum absolute atomic E-state index is 13.1. The van der Waals surface area contributed by atoms with Gasteiger partial charge in [0.15, 0.2) is 0 Å². The van der Waals surface area contributed by atoms with Gasteiger partial charge < -0.3 is 9.47 Å². The van der Waals surface area contributed by atoms with Crippen LogP contribution in [0.4, 0.5) is 10.5 Å². The molecular formula is C25H17Br3N2O5. The van der Waals surface area contributed by atoms with Gasteiger partial charge in [-0.3, -0.25) is 14.9 Å². The third-order valence-corrected chi connectivity index (χ3v) is 6.77. The van der Waals surface area contributed by atoms with Crippen LogP contribution in [0.15, 0.2) is 79.7 Å². The molecule has 1 aliphatic heterocycles. The lowest BCUT2D eigenvalue weighted by atomic mass is 10.1. The first kappa shape index (κ1) is 25.2. The molecule has 178 valence electrons. The second kappa shape index (κ2) is 10.8. The van der Waals surface area contributed by atoms with Crippen LogP contribution in [0.5, 0.6) is 11.5 Å². The molecule has 4 rings (SSSR count). The van der Waals surface area contributed by atoms with Crippen molar-refractivity contribution in [1.29, 1.82) is 0 Å². The molecular weight excluding hydrogens is 648 g/mol.